The van der Waals surface area contributed by atoms with E-state index in [0.29, 0.717) is 32.8 Å². The van der Waals surface area contributed by atoms with Gasteiger partial charge in [0, 0.05) is 59.5 Å². The average Bonchev–Trinajstić information content (AvgIpc) is 2.80. The van der Waals surface area contributed by atoms with Crippen LogP contribution in [0.15, 0.2) is 42.5 Å². The Morgan fingerprint density at radius 3 is 2.65 bits per heavy atom. The first-order chi connectivity index (χ1) is 15.2. The zero-order chi connectivity index (χ0) is 21.6. The van der Waals surface area contributed by atoms with Crippen molar-refractivity contribution in [3.05, 3.63) is 48.0 Å². The summed E-state index contributed by atoms with van der Waals surface area (Å²) >= 11 is 0. The molecule has 2 saturated heterocycles. The molecule has 2 aromatic carbocycles. The summed E-state index contributed by atoms with van der Waals surface area (Å²) < 4.78 is 5.15. The average molecular weight is 425 g/mol. The molecule has 2 aliphatic rings. The van der Waals surface area contributed by atoms with Crippen LogP contribution in [0.2, 0.25) is 0 Å². The number of carbonyl (C=O) groups is 2. The summed E-state index contributed by atoms with van der Waals surface area (Å²) in [6.45, 7) is 6.75. The van der Waals surface area contributed by atoms with Crippen LogP contribution in [0.1, 0.15) is 12.0 Å². The maximum absolute atomic E-state index is 13.0. The molecule has 2 aromatic rings. The molecule has 4 rings (SSSR count). The molecule has 0 bridgehead atoms. The summed E-state index contributed by atoms with van der Waals surface area (Å²) in [4.78, 5) is 32.1. The van der Waals surface area contributed by atoms with Crippen molar-refractivity contribution in [3.8, 4) is 0 Å². The van der Waals surface area contributed by atoms with Gasteiger partial charge in [-0.25, -0.2) is 0 Å². The van der Waals surface area contributed by atoms with E-state index in [1.54, 1.807) is 7.11 Å². The van der Waals surface area contributed by atoms with E-state index in [2.05, 4.69) is 45.4 Å². The molecule has 2 amide bonds. The smallest absolute Gasteiger partial charge is 0.237 e. The molecule has 1 atom stereocenters. The summed E-state index contributed by atoms with van der Waals surface area (Å²) in [5.41, 5.74) is 1.19. The number of methoxy groups -OCH3 is 1. The minimum atomic E-state index is -0.424. The highest BCUT2D eigenvalue weighted by Crippen LogP contribution is 2.22. The van der Waals surface area contributed by atoms with E-state index in [1.807, 2.05) is 17.0 Å². The molecule has 0 radical (unpaired) electrons. The third-order valence-electron chi connectivity index (χ3n) is 6.40. The van der Waals surface area contributed by atoms with Crippen LogP contribution in [0.4, 0.5) is 0 Å². The van der Waals surface area contributed by atoms with Crippen LogP contribution in [-0.4, -0.2) is 92.1 Å². The number of nitrogens with zero attached hydrogens (tertiary/aromatic N) is 3. The zero-order valence-corrected chi connectivity index (χ0v) is 18.3. The van der Waals surface area contributed by atoms with Gasteiger partial charge < -0.3 is 15.0 Å². The lowest BCUT2D eigenvalue weighted by Crippen LogP contribution is -2.57. The Morgan fingerprint density at radius 1 is 1.06 bits per heavy atom. The van der Waals surface area contributed by atoms with Crippen molar-refractivity contribution in [2.75, 3.05) is 59.5 Å². The van der Waals surface area contributed by atoms with Gasteiger partial charge in [-0.05, 0) is 16.3 Å². The van der Waals surface area contributed by atoms with Crippen molar-refractivity contribution in [3.63, 3.8) is 0 Å². The van der Waals surface area contributed by atoms with Crippen LogP contribution in [0, 0.1) is 0 Å². The highest BCUT2D eigenvalue weighted by molar-refractivity contribution is 5.89. The number of fused-ring (bicyclic) bond motifs is 1. The molecule has 31 heavy (non-hydrogen) atoms. The Hall–Kier alpha value is -2.48. The Morgan fingerprint density at radius 2 is 1.84 bits per heavy atom. The first-order valence-corrected chi connectivity index (χ1v) is 11.1. The predicted octanol–water partition coefficient (Wildman–Crippen LogP) is 1.32. The molecule has 0 spiro atoms. The predicted molar refractivity (Wildman–Crippen MR) is 121 cm³/mol. The number of ether oxygens (including phenoxy) is 1. The topological polar surface area (TPSA) is 65.1 Å². The van der Waals surface area contributed by atoms with Crippen LogP contribution in [0.5, 0.6) is 0 Å². The summed E-state index contributed by atoms with van der Waals surface area (Å²) in [5, 5.41) is 5.35. The quantitative estimate of drug-likeness (QED) is 0.726. The fourth-order valence-electron chi connectivity index (χ4n) is 4.56. The fraction of sp³-hybridized carbons (Fsp3) is 0.500. The monoisotopic (exact) mass is 424 g/mol. The molecule has 7 nitrogen and oxygen atoms in total. The van der Waals surface area contributed by atoms with E-state index in [9.17, 15) is 9.59 Å². The van der Waals surface area contributed by atoms with Crippen LogP contribution < -0.4 is 5.32 Å². The van der Waals surface area contributed by atoms with Crippen molar-refractivity contribution in [1.82, 2.24) is 20.0 Å². The second kappa shape index (κ2) is 10.2. The molecule has 2 fully saturated rings. The molecule has 7 heteroatoms. The van der Waals surface area contributed by atoms with Gasteiger partial charge in [-0.1, -0.05) is 42.5 Å². The summed E-state index contributed by atoms with van der Waals surface area (Å²) in [6.07, 6.45) is 0.231. The SMILES string of the molecule is COCCN1CCN(C(=O)C[C@@H]2C(=O)NCCN2Cc2cccc3ccccc23)CC1. The molecule has 0 saturated carbocycles. The molecular weight excluding hydrogens is 392 g/mol. The molecule has 0 aromatic heterocycles. The standard InChI is InChI=1S/C24H32N4O3/c1-31-16-15-26-11-13-27(14-12-26)23(29)17-22-24(30)25-9-10-28(22)18-20-7-4-6-19-5-2-3-8-21(19)20/h2-8,22H,9-18H2,1H3,(H,25,30)/t22-/m1/s1. The maximum atomic E-state index is 13.0. The highest BCUT2D eigenvalue weighted by atomic mass is 16.5. The van der Waals surface area contributed by atoms with Gasteiger partial charge in [0.05, 0.1) is 19.1 Å². The number of carbonyl (C=O) groups excluding carboxylic acids is 2. The van der Waals surface area contributed by atoms with E-state index in [-0.39, 0.29) is 18.2 Å². The third kappa shape index (κ3) is 5.23. The van der Waals surface area contributed by atoms with E-state index in [1.165, 1.54) is 16.3 Å². The third-order valence-corrected chi connectivity index (χ3v) is 6.40. The molecule has 2 aliphatic heterocycles. The number of hydrogen-bond acceptors (Lipinski definition) is 5. The minimum Gasteiger partial charge on any atom is -0.383 e. The molecule has 2 heterocycles. The Labute approximate surface area is 183 Å². The van der Waals surface area contributed by atoms with Crippen molar-refractivity contribution in [2.45, 2.75) is 19.0 Å². The second-order valence-corrected chi connectivity index (χ2v) is 8.33. The maximum Gasteiger partial charge on any atom is 0.237 e. The Balaban J connectivity index is 1.41. The lowest BCUT2D eigenvalue weighted by molar-refractivity contribution is -0.140. The van der Waals surface area contributed by atoms with E-state index >= 15 is 0 Å². The second-order valence-electron chi connectivity index (χ2n) is 8.33. The zero-order valence-electron chi connectivity index (χ0n) is 18.3. The van der Waals surface area contributed by atoms with Crippen molar-refractivity contribution in [2.24, 2.45) is 0 Å². The number of hydrogen-bond donors (Lipinski definition) is 1. The van der Waals surface area contributed by atoms with Gasteiger partial charge >= 0.3 is 0 Å². The Bertz CT molecular complexity index is 905. The lowest BCUT2D eigenvalue weighted by Gasteiger charge is -2.38. The first-order valence-electron chi connectivity index (χ1n) is 11.1. The number of piperazine rings is 2. The summed E-state index contributed by atoms with van der Waals surface area (Å²) in [5.74, 6) is 0.0231. The van der Waals surface area contributed by atoms with Crippen molar-refractivity contribution in [1.29, 1.82) is 0 Å². The van der Waals surface area contributed by atoms with Gasteiger partial charge in [0.25, 0.3) is 0 Å². The molecular formula is C24H32N4O3. The van der Waals surface area contributed by atoms with Gasteiger partial charge in [-0.15, -0.1) is 0 Å². The molecule has 0 unspecified atom stereocenters. The normalized spacial score (nSPS) is 20.7. The largest absolute Gasteiger partial charge is 0.383 e. The minimum absolute atomic E-state index is 0.0430. The number of nitrogens with one attached hydrogen (secondary N) is 1. The van der Waals surface area contributed by atoms with Gasteiger partial charge in [-0.2, -0.15) is 0 Å². The van der Waals surface area contributed by atoms with E-state index < -0.39 is 6.04 Å². The number of benzene rings is 2. The van der Waals surface area contributed by atoms with Crippen molar-refractivity contribution >= 4 is 22.6 Å². The molecule has 0 aliphatic carbocycles. The van der Waals surface area contributed by atoms with E-state index in [0.717, 1.165) is 26.2 Å². The first kappa shape index (κ1) is 21.7. The van der Waals surface area contributed by atoms with Gasteiger partial charge in [0.15, 0.2) is 0 Å². The number of amides is 2. The van der Waals surface area contributed by atoms with E-state index in [4.69, 9.17) is 4.74 Å². The van der Waals surface area contributed by atoms with Crippen LogP contribution in [0.25, 0.3) is 10.8 Å². The van der Waals surface area contributed by atoms with Crippen molar-refractivity contribution < 1.29 is 14.3 Å². The number of rotatable bonds is 7. The van der Waals surface area contributed by atoms with Crippen LogP contribution in [-0.2, 0) is 20.9 Å². The summed E-state index contributed by atoms with van der Waals surface area (Å²) in [6, 6.07) is 14.2. The van der Waals surface area contributed by atoms with Crippen LogP contribution >= 0.6 is 0 Å². The highest BCUT2D eigenvalue weighted by Gasteiger charge is 2.33. The Kier molecular flexibility index (Phi) is 7.17. The molecule has 1 N–H and O–H groups in total. The van der Waals surface area contributed by atoms with Gasteiger partial charge in [0.1, 0.15) is 0 Å². The fourth-order valence-corrected chi connectivity index (χ4v) is 4.56. The van der Waals surface area contributed by atoms with Gasteiger partial charge in [-0.3, -0.25) is 19.4 Å². The summed E-state index contributed by atoms with van der Waals surface area (Å²) in [7, 11) is 1.71. The lowest BCUT2D eigenvalue weighted by atomic mass is 10.0. The molecule has 166 valence electrons. The van der Waals surface area contributed by atoms with Crippen LogP contribution in [0.3, 0.4) is 0 Å². The van der Waals surface area contributed by atoms with Gasteiger partial charge in [0.2, 0.25) is 11.8 Å².